The van der Waals surface area contributed by atoms with Crippen LogP contribution in [0.3, 0.4) is 0 Å². The summed E-state index contributed by atoms with van der Waals surface area (Å²) in [6.07, 6.45) is -7.37. The number of hydrogen-bond donors (Lipinski definition) is 4. The highest BCUT2D eigenvalue weighted by molar-refractivity contribution is 6.74. The van der Waals surface area contributed by atoms with Gasteiger partial charge in [0.1, 0.15) is 36.6 Å². The van der Waals surface area contributed by atoms with Crippen LogP contribution in [-0.2, 0) is 8.85 Å². The van der Waals surface area contributed by atoms with Crippen molar-refractivity contribution in [3.63, 3.8) is 0 Å². The van der Waals surface area contributed by atoms with E-state index in [1.807, 2.05) is 26.2 Å². The quantitative estimate of drug-likeness (QED) is 0.532. The molecule has 0 heterocycles. The van der Waals surface area contributed by atoms with Crippen LogP contribution in [0, 0.1) is 0 Å². The minimum atomic E-state index is -2.31. The molecule has 0 aromatic carbocycles. The lowest BCUT2D eigenvalue weighted by atomic mass is 9.85. The highest BCUT2D eigenvalue weighted by Crippen LogP contribution is 2.43. The monoisotopic (exact) mass is 408 g/mol. The van der Waals surface area contributed by atoms with Crippen LogP contribution in [0.5, 0.6) is 0 Å². The van der Waals surface area contributed by atoms with Crippen LogP contribution in [0.1, 0.15) is 41.5 Å². The van der Waals surface area contributed by atoms with Crippen molar-refractivity contribution in [2.24, 2.45) is 0 Å². The maximum atomic E-state index is 10.6. The molecule has 0 saturated heterocycles. The van der Waals surface area contributed by atoms with Gasteiger partial charge < -0.3 is 29.3 Å². The average molecular weight is 409 g/mol. The molecule has 0 bridgehead atoms. The van der Waals surface area contributed by atoms with Gasteiger partial charge in [0.15, 0.2) is 16.6 Å². The largest absolute Gasteiger partial charge is 0.408 e. The molecule has 0 unspecified atom stereocenters. The fourth-order valence-corrected chi connectivity index (χ4v) is 5.10. The van der Waals surface area contributed by atoms with Crippen molar-refractivity contribution in [1.82, 2.24) is 0 Å². The first-order valence-corrected chi connectivity index (χ1v) is 15.2. The standard InChI is InChI=1S/C18H40O6Si2/c1-17(2,3)25(7,8)23-15-13(21)11(19)12(20)14(22)16(15)24-26(9,10)18(4,5)6/h11-16,19-22H,1-10H3/t11-,12+,13-,14-,15+,16+/m1/s1. The minimum absolute atomic E-state index is 0.111. The van der Waals surface area contributed by atoms with E-state index in [-0.39, 0.29) is 10.1 Å². The van der Waals surface area contributed by atoms with Crippen molar-refractivity contribution < 1.29 is 29.3 Å². The van der Waals surface area contributed by atoms with Gasteiger partial charge in [0.2, 0.25) is 0 Å². The number of aliphatic hydroxyl groups is 4. The number of aliphatic hydroxyl groups excluding tert-OH is 4. The van der Waals surface area contributed by atoms with Gasteiger partial charge in [-0.05, 0) is 36.3 Å². The van der Waals surface area contributed by atoms with Gasteiger partial charge >= 0.3 is 0 Å². The summed E-state index contributed by atoms with van der Waals surface area (Å²) in [6.45, 7) is 20.7. The zero-order valence-electron chi connectivity index (χ0n) is 18.1. The van der Waals surface area contributed by atoms with Crippen molar-refractivity contribution in [1.29, 1.82) is 0 Å². The van der Waals surface area contributed by atoms with Gasteiger partial charge in [-0.2, -0.15) is 0 Å². The van der Waals surface area contributed by atoms with Gasteiger partial charge in [-0.1, -0.05) is 41.5 Å². The molecule has 0 spiro atoms. The molecule has 0 radical (unpaired) electrons. The third kappa shape index (κ3) is 4.78. The Balaban J connectivity index is 3.26. The van der Waals surface area contributed by atoms with E-state index >= 15 is 0 Å². The summed E-state index contributed by atoms with van der Waals surface area (Å²) in [5.41, 5.74) is 0. The van der Waals surface area contributed by atoms with Crippen LogP contribution in [0.25, 0.3) is 0 Å². The van der Waals surface area contributed by atoms with E-state index in [2.05, 4.69) is 41.5 Å². The topological polar surface area (TPSA) is 99.4 Å². The van der Waals surface area contributed by atoms with Crippen molar-refractivity contribution in [3.05, 3.63) is 0 Å². The third-order valence-electron chi connectivity index (χ3n) is 6.52. The molecule has 4 N–H and O–H groups in total. The summed E-state index contributed by atoms with van der Waals surface area (Å²) in [7, 11) is -4.61. The second kappa shape index (κ2) is 7.55. The molecular weight excluding hydrogens is 368 g/mol. The van der Waals surface area contributed by atoms with Crippen molar-refractivity contribution in [3.8, 4) is 0 Å². The average Bonchev–Trinajstić information content (AvgIpc) is 2.44. The summed E-state index contributed by atoms with van der Waals surface area (Å²) in [5, 5.41) is 41.4. The zero-order valence-corrected chi connectivity index (χ0v) is 20.1. The molecule has 1 fully saturated rings. The Kier molecular flexibility index (Phi) is 7.04. The third-order valence-corrected chi connectivity index (χ3v) is 15.5. The van der Waals surface area contributed by atoms with Crippen molar-refractivity contribution in [2.75, 3.05) is 0 Å². The second-order valence-corrected chi connectivity index (χ2v) is 20.2. The molecule has 6 nitrogen and oxygen atoms in total. The fourth-order valence-electron chi connectivity index (χ4n) is 2.49. The van der Waals surface area contributed by atoms with Crippen molar-refractivity contribution >= 4 is 16.6 Å². The number of rotatable bonds is 4. The summed E-state index contributed by atoms with van der Waals surface area (Å²) in [5.74, 6) is 0. The normalized spacial score (nSPS) is 34.8. The molecule has 0 aromatic rings. The molecule has 1 aliphatic rings. The van der Waals surface area contributed by atoms with E-state index in [0.29, 0.717) is 0 Å². The molecule has 1 saturated carbocycles. The summed E-state index contributed by atoms with van der Waals surface area (Å²) in [6, 6.07) is 0. The van der Waals surface area contributed by atoms with E-state index in [4.69, 9.17) is 8.85 Å². The van der Waals surface area contributed by atoms with Gasteiger partial charge in [-0.25, -0.2) is 0 Å². The van der Waals surface area contributed by atoms with Crippen LogP contribution in [0.4, 0.5) is 0 Å². The Morgan fingerprint density at radius 1 is 0.538 bits per heavy atom. The Bertz CT molecular complexity index is 439. The summed E-state index contributed by atoms with van der Waals surface area (Å²) in [4.78, 5) is 0. The van der Waals surface area contributed by atoms with Gasteiger partial charge in [0.05, 0.1) is 0 Å². The van der Waals surface area contributed by atoms with Crippen LogP contribution in [-0.4, -0.2) is 73.7 Å². The summed E-state index contributed by atoms with van der Waals surface area (Å²) >= 11 is 0. The Morgan fingerprint density at radius 2 is 0.769 bits per heavy atom. The number of hydrogen-bond acceptors (Lipinski definition) is 6. The highest BCUT2D eigenvalue weighted by Gasteiger charge is 2.55. The SMILES string of the molecule is CC(C)(C)[Si](C)(C)O[C@H]1[C@H](O)[C@H](O)[C@H](O)[C@@H](O)[C@@H]1O[Si](C)(C)C(C)(C)C. The molecule has 0 aromatic heterocycles. The molecule has 0 aliphatic heterocycles. The fraction of sp³-hybridized carbons (Fsp3) is 1.00. The molecule has 6 atom stereocenters. The summed E-state index contributed by atoms with van der Waals surface area (Å²) < 4.78 is 12.7. The minimum Gasteiger partial charge on any atom is -0.408 e. The first kappa shape index (κ1) is 24.2. The highest BCUT2D eigenvalue weighted by atomic mass is 28.4. The van der Waals surface area contributed by atoms with E-state index in [0.717, 1.165) is 0 Å². The lowest BCUT2D eigenvalue weighted by Crippen LogP contribution is -2.69. The lowest BCUT2D eigenvalue weighted by Gasteiger charge is -2.51. The van der Waals surface area contributed by atoms with E-state index in [1.165, 1.54) is 0 Å². The van der Waals surface area contributed by atoms with Crippen molar-refractivity contribution in [2.45, 2.75) is 114 Å². The van der Waals surface area contributed by atoms with E-state index in [9.17, 15) is 20.4 Å². The Hall–Kier alpha value is 0.194. The Morgan fingerprint density at radius 3 is 0.962 bits per heavy atom. The van der Waals surface area contributed by atoms with Gasteiger partial charge in [0.25, 0.3) is 0 Å². The zero-order chi connectivity index (χ0) is 20.9. The smallest absolute Gasteiger partial charge is 0.192 e. The molecule has 26 heavy (non-hydrogen) atoms. The second-order valence-electron chi connectivity index (χ2n) is 10.6. The predicted octanol–water partition coefficient (Wildman–Crippen LogP) is 2.22. The maximum Gasteiger partial charge on any atom is 0.192 e. The van der Waals surface area contributed by atoms with E-state index < -0.39 is 53.3 Å². The maximum absolute atomic E-state index is 10.6. The molecular formula is C18H40O6Si2. The van der Waals surface area contributed by atoms with Gasteiger partial charge in [-0.3, -0.25) is 0 Å². The molecule has 1 rings (SSSR count). The van der Waals surface area contributed by atoms with Crippen LogP contribution in [0.2, 0.25) is 36.3 Å². The lowest BCUT2D eigenvalue weighted by molar-refractivity contribution is -0.215. The van der Waals surface area contributed by atoms with Gasteiger partial charge in [-0.15, -0.1) is 0 Å². The molecule has 8 heteroatoms. The molecule has 156 valence electrons. The van der Waals surface area contributed by atoms with Crippen LogP contribution < -0.4 is 0 Å². The first-order valence-electron chi connectivity index (χ1n) is 9.41. The first-order chi connectivity index (χ1) is 11.3. The van der Waals surface area contributed by atoms with E-state index in [1.54, 1.807) is 0 Å². The molecule has 0 amide bonds. The molecule has 1 aliphatic carbocycles. The van der Waals surface area contributed by atoms with Crippen LogP contribution >= 0.6 is 0 Å². The Labute approximate surface area is 160 Å². The predicted molar refractivity (Wildman–Crippen MR) is 108 cm³/mol. The van der Waals surface area contributed by atoms with Crippen LogP contribution in [0.15, 0.2) is 0 Å². The van der Waals surface area contributed by atoms with Gasteiger partial charge in [0, 0.05) is 0 Å².